The second-order valence-corrected chi connectivity index (χ2v) is 2.69. The highest BCUT2D eigenvalue weighted by molar-refractivity contribution is 5.89. The summed E-state index contributed by atoms with van der Waals surface area (Å²) in [6.45, 7) is 5.74. The molecule has 0 aliphatic rings. The lowest BCUT2D eigenvalue weighted by molar-refractivity contribution is 0.638. The Labute approximate surface area is 62.1 Å². The molecule has 3 heteroatoms. The molecule has 0 aromatic rings. The van der Waals surface area contributed by atoms with Gasteiger partial charge in [-0.05, 0) is 20.3 Å². The summed E-state index contributed by atoms with van der Waals surface area (Å²) < 4.78 is 0. The van der Waals surface area contributed by atoms with Crippen molar-refractivity contribution in [3.05, 3.63) is 0 Å². The van der Waals surface area contributed by atoms with E-state index in [1.54, 1.807) is 7.05 Å². The van der Waals surface area contributed by atoms with Crippen LogP contribution >= 0.6 is 0 Å². The van der Waals surface area contributed by atoms with Gasteiger partial charge in [-0.2, -0.15) is 10.2 Å². The Morgan fingerprint density at radius 1 is 1.50 bits per heavy atom. The third-order valence-electron chi connectivity index (χ3n) is 1.44. The van der Waals surface area contributed by atoms with Gasteiger partial charge in [0.15, 0.2) is 0 Å². The lowest BCUT2D eigenvalue weighted by Crippen LogP contribution is -2.27. The molecular formula is C7H15N3. The largest absolute Gasteiger partial charge is 0.307 e. The van der Waals surface area contributed by atoms with Crippen molar-refractivity contribution in [2.45, 2.75) is 32.7 Å². The van der Waals surface area contributed by atoms with Crippen LogP contribution in [0.1, 0.15) is 27.2 Å². The zero-order valence-electron chi connectivity index (χ0n) is 7.10. The highest BCUT2D eigenvalue weighted by atomic mass is 15.1. The van der Waals surface area contributed by atoms with Gasteiger partial charge in [-0.3, -0.25) is 0 Å². The summed E-state index contributed by atoms with van der Waals surface area (Å²) in [4.78, 5) is 0. The van der Waals surface area contributed by atoms with E-state index in [2.05, 4.69) is 10.2 Å². The van der Waals surface area contributed by atoms with Gasteiger partial charge in [0.25, 0.3) is 0 Å². The van der Waals surface area contributed by atoms with Crippen LogP contribution in [0.15, 0.2) is 10.2 Å². The van der Waals surface area contributed by atoms with Crippen molar-refractivity contribution in [1.29, 1.82) is 5.41 Å². The monoisotopic (exact) mass is 141 g/mol. The smallest absolute Gasteiger partial charge is 0.113 e. The molecule has 0 fully saturated rings. The van der Waals surface area contributed by atoms with Crippen LogP contribution in [0.4, 0.5) is 0 Å². The average molecular weight is 141 g/mol. The van der Waals surface area contributed by atoms with Gasteiger partial charge in [0, 0.05) is 12.8 Å². The van der Waals surface area contributed by atoms with Crippen molar-refractivity contribution in [3.8, 4) is 0 Å². The number of hydrogen-bond donors (Lipinski definition) is 1. The van der Waals surface area contributed by atoms with Crippen molar-refractivity contribution >= 4 is 5.71 Å². The Balaban J connectivity index is 4.24. The van der Waals surface area contributed by atoms with Crippen LogP contribution in [0.3, 0.4) is 0 Å². The first-order valence-corrected chi connectivity index (χ1v) is 3.43. The Kier molecular flexibility index (Phi) is 3.19. The fourth-order valence-electron chi connectivity index (χ4n) is 0.743. The molecule has 0 spiro atoms. The van der Waals surface area contributed by atoms with Crippen molar-refractivity contribution in [2.75, 3.05) is 7.05 Å². The summed E-state index contributed by atoms with van der Waals surface area (Å²) in [5, 5.41) is 15.1. The summed E-state index contributed by atoms with van der Waals surface area (Å²) in [7, 11) is 1.63. The van der Waals surface area contributed by atoms with Crippen LogP contribution in [0.25, 0.3) is 0 Å². The molecule has 0 heterocycles. The Morgan fingerprint density at radius 2 is 2.00 bits per heavy atom. The van der Waals surface area contributed by atoms with E-state index in [0.29, 0.717) is 5.71 Å². The van der Waals surface area contributed by atoms with Crippen molar-refractivity contribution in [1.82, 2.24) is 0 Å². The molecule has 0 radical (unpaired) electrons. The molecule has 0 amide bonds. The fraction of sp³-hybridized carbons (Fsp3) is 0.857. The predicted octanol–water partition coefficient (Wildman–Crippen LogP) is 2.28. The van der Waals surface area contributed by atoms with Crippen LogP contribution in [0.2, 0.25) is 0 Å². The van der Waals surface area contributed by atoms with E-state index in [1.807, 2.05) is 20.8 Å². The molecule has 0 saturated heterocycles. The van der Waals surface area contributed by atoms with Gasteiger partial charge in [0.1, 0.15) is 5.54 Å². The Morgan fingerprint density at radius 3 is 2.30 bits per heavy atom. The third kappa shape index (κ3) is 2.25. The topological polar surface area (TPSA) is 48.6 Å². The van der Waals surface area contributed by atoms with E-state index < -0.39 is 5.54 Å². The van der Waals surface area contributed by atoms with Crippen LogP contribution in [-0.4, -0.2) is 18.3 Å². The second kappa shape index (κ2) is 3.44. The molecule has 0 aliphatic carbocycles. The molecule has 0 unspecified atom stereocenters. The molecule has 0 rings (SSSR count). The van der Waals surface area contributed by atoms with Crippen LogP contribution < -0.4 is 0 Å². The van der Waals surface area contributed by atoms with E-state index >= 15 is 0 Å². The predicted molar refractivity (Wildman–Crippen MR) is 42.9 cm³/mol. The summed E-state index contributed by atoms with van der Waals surface area (Å²) in [5.41, 5.74) is 0.224. The average Bonchev–Trinajstić information content (AvgIpc) is 1.86. The minimum atomic E-state index is -0.399. The number of nitrogens with zero attached hydrogens (tertiary/aromatic N) is 2. The summed E-state index contributed by atoms with van der Waals surface area (Å²) in [6, 6.07) is 0. The molecule has 3 nitrogen and oxygen atoms in total. The molecule has 0 aromatic carbocycles. The first-order valence-electron chi connectivity index (χ1n) is 3.43. The molecule has 0 aromatic heterocycles. The van der Waals surface area contributed by atoms with E-state index in [9.17, 15) is 0 Å². The molecule has 10 heavy (non-hydrogen) atoms. The number of azo groups is 1. The zero-order valence-corrected chi connectivity index (χ0v) is 7.10. The molecule has 0 saturated carbocycles. The van der Waals surface area contributed by atoms with Gasteiger partial charge in [0.05, 0.1) is 0 Å². The number of hydrogen-bond acceptors (Lipinski definition) is 3. The van der Waals surface area contributed by atoms with E-state index in [-0.39, 0.29) is 0 Å². The zero-order chi connectivity index (χ0) is 8.20. The van der Waals surface area contributed by atoms with Gasteiger partial charge >= 0.3 is 0 Å². The third-order valence-corrected chi connectivity index (χ3v) is 1.44. The van der Waals surface area contributed by atoms with Crippen molar-refractivity contribution < 1.29 is 0 Å². The van der Waals surface area contributed by atoms with Crippen molar-refractivity contribution in [2.24, 2.45) is 10.2 Å². The first kappa shape index (κ1) is 9.27. The molecule has 0 bridgehead atoms. The SMILES string of the molecule is CCC(=N)C(C)(C)/N=N\C. The minimum Gasteiger partial charge on any atom is -0.307 e. The normalized spacial score (nSPS) is 12.4. The molecular weight excluding hydrogens is 126 g/mol. The summed E-state index contributed by atoms with van der Waals surface area (Å²) in [6.07, 6.45) is 0.742. The molecule has 0 aliphatic heterocycles. The highest BCUT2D eigenvalue weighted by Crippen LogP contribution is 2.12. The molecule has 1 N–H and O–H groups in total. The Hall–Kier alpha value is -0.730. The lowest BCUT2D eigenvalue weighted by Gasteiger charge is -2.17. The summed E-state index contributed by atoms with van der Waals surface area (Å²) in [5.74, 6) is 0. The number of nitrogens with one attached hydrogen (secondary N) is 1. The standard InChI is InChI=1S/C7H15N3/c1-5-6(8)7(2,3)10-9-4/h8H,5H2,1-4H3/b8-6?,10-9-. The minimum absolute atomic E-state index is 0.399. The summed E-state index contributed by atoms with van der Waals surface area (Å²) >= 11 is 0. The maximum atomic E-state index is 7.49. The van der Waals surface area contributed by atoms with Gasteiger partial charge in [-0.15, -0.1) is 0 Å². The quantitative estimate of drug-likeness (QED) is 0.463. The van der Waals surface area contributed by atoms with Crippen LogP contribution in [0.5, 0.6) is 0 Å². The maximum Gasteiger partial charge on any atom is 0.113 e. The molecule has 58 valence electrons. The maximum absolute atomic E-state index is 7.49. The van der Waals surface area contributed by atoms with Gasteiger partial charge in [-0.25, -0.2) is 0 Å². The van der Waals surface area contributed by atoms with Gasteiger partial charge in [0.2, 0.25) is 0 Å². The first-order chi connectivity index (χ1) is 4.54. The van der Waals surface area contributed by atoms with Gasteiger partial charge in [-0.1, -0.05) is 6.92 Å². The molecule has 0 atom stereocenters. The van der Waals surface area contributed by atoms with Crippen molar-refractivity contribution in [3.63, 3.8) is 0 Å². The second-order valence-electron chi connectivity index (χ2n) is 2.69. The highest BCUT2D eigenvalue weighted by Gasteiger charge is 2.20. The number of rotatable bonds is 3. The van der Waals surface area contributed by atoms with Gasteiger partial charge < -0.3 is 5.41 Å². The van der Waals surface area contributed by atoms with E-state index in [1.165, 1.54) is 0 Å². The van der Waals surface area contributed by atoms with E-state index in [0.717, 1.165) is 6.42 Å². The Bertz CT molecular complexity index is 147. The van der Waals surface area contributed by atoms with Crippen LogP contribution in [-0.2, 0) is 0 Å². The fourth-order valence-corrected chi connectivity index (χ4v) is 0.743. The van der Waals surface area contributed by atoms with E-state index in [4.69, 9.17) is 5.41 Å². The lowest BCUT2D eigenvalue weighted by atomic mass is 9.98. The van der Waals surface area contributed by atoms with Crippen LogP contribution in [0, 0.1) is 5.41 Å².